The molecule has 0 aromatic carbocycles. The molecule has 0 spiro atoms. The molecule has 0 bridgehead atoms. The summed E-state index contributed by atoms with van der Waals surface area (Å²) >= 11 is 0. The van der Waals surface area contributed by atoms with Gasteiger partial charge >= 0.3 is 0 Å². The zero-order chi connectivity index (χ0) is 18.2. The van der Waals surface area contributed by atoms with Gasteiger partial charge in [-0.05, 0) is 20.3 Å². The van der Waals surface area contributed by atoms with Gasteiger partial charge in [0.15, 0.2) is 9.84 Å². The molecule has 9 heteroatoms. The largest absolute Gasteiger partial charge is 0.335 e. The Morgan fingerprint density at radius 1 is 1.16 bits per heavy atom. The molecule has 25 heavy (non-hydrogen) atoms. The number of hydrogen-bond acceptors (Lipinski definition) is 6. The van der Waals surface area contributed by atoms with Gasteiger partial charge in [-0.25, -0.2) is 13.4 Å². The summed E-state index contributed by atoms with van der Waals surface area (Å²) in [6.07, 6.45) is 0.942. The number of amides is 2. The Labute approximate surface area is 148 Å². The van der Waals surface area contributed by atoms with Crippen LogP contribution in [0.5, 0.6) is 0 Å². The maximum atomic E-state index is 12.7. The highest BCUT2D eigenvalue weighted by atomic mass is 32.2. The zero-order valence-electron chi connectivity index (χ0n) is 14.8. The van der Waals surface area contributed by atoms with Gasteiger partial charge in [-0.3, -0.25) is 14.5 Å². The second kappa shape index (κ2) is 7.03. The number of sulfone groups is 1. The van der Waals surface area contributed by atoms with E-state index in [2.05, 4.69) is 23.8 Å². The van der Waals surface area contributed by atoms with E-state index in [0.717, 1.165) is 13.1 Å². The average molecular weight is 370 g/mol. The molecule has 1 unspecified atom stereocenters. The molecule has 0 aromatic heterocycles. The molecule has 3 heterocycles. The summed E-state index contributed by atoms with van der Waals surface area (Å²) in [5.41, 5.74) is 0.377. The molecule has 3 rings (SSSR count). The van der Waals surface area contributed by atoms with Crippen LogP contribution in [0, 0.1) is 0 Å². The lowest BCUT2D eigenvalue weighted by Crippen LogP contribution is -2.53. The van der Waals surface area contributed by atoms with Crippen LogP contribution in [0.2, 0.25) is 0 Å². The molecule has 2 fully saturated rings. The van der Waals surface area contributed by atoms with Crippen molar-refractivity contribution in [2.24, 2.45) is 5.10 Å². The molecule has 8 nitrogen and oxygen atoms in total. The minimum Gasteiger partial charge on any atom is -0.335 e. The average Bonchev–Trinajstić information content (AvgIpc) is 2.94. The van der Waals surface area contributed by atoms with E-state index in [4.69, 9.17) is 0 Å². The molecule has 3 aliphatic rings. The van der Waals surface area contributed by atoms with Gasteiger partial charge in [0.1, 0.15) is 5.71 Å². The summed E-state index contributed by atoms with van der Waals surface area (Å²) in [4.78, 5) is 29.0. The fourth-order valence-corrected chi connectivity index (χ4v) is 5.29. The van der Waals surface area contributed by atoms with E-state index in [1.165, 1.54) is 5.01 Å². The van der Waals surface area contributed by atoms with Gasteiger partial charge in [0.25, 0.3) is 5.91 Å². The first kappa shape index (κ1) is 18.3. The highest BCUT2D eigenvalue weighted by Crippen LogP contribution is 2.22. The topological polar surface area (TPSA) is 90.4 Å². The molecular weight excluding hydrogens is 344 g/mol. The Bertz CT molecular complexity index is 680. The first-order chi connectivity index (χ1) is 11.8. The maximum Gasteiger partial charge on any atom is 0.270 e. The van der Waals surface area contributed by atoms with Crippen LogP contribution >= 0.6 is 0 Å². The van der Waals surface area contributed by atoms with E-state index in [1.807, 2.05) is 0 Å². The van der Waals surface area contributed by atoms with Crippen LogP contribution in [-0.4, -0.2) is 90.5 Å². The Morgan fingerprint density at radius 2 is 1.84 bits per heavy atom. The second-order valence-corrected chi connectivity index (χ2v) is 9.49. The van der Waals surface area contributed by atoms with Gasteiger partial charge in [0, 0.05) is 45.1 Å². The normalized spacial score (nSPS) is 27.7. The molecule has 140 valence electrons. The van der Waals surface area contributed by atoms with Crippen molar-refractivity contribution in [2.45, 2.75) is 45.2 Å². The van der Waals surface area contributed by atoms with Crippen LogP contribution in [0.1, 0.15) is 33.1 Å². The predicted octanol–water partition coefficient (Wildman–Crippen LogP) is -0.295. The molecule has 2 amide bonds. The molecular formula is C16H26N4O4S. The van der Waals surface area contributed by atoms with Crippen molar-refractivity contribution < 1.29 is 18.0 Å². The number of carbonyl (C=O) groups excluding carboxylic acids is 2. The monoisotopic (exact) mass is 370 g/mol. The van der Waals surface area contributed by atoms with E-state index in [1.54, 1.807) is 4.90 Å². The third-order valence-electron chi connectivity index (χ3n) is 5.19. The summed E-state index contributed by atoms with van der Waals surface area (Å²) in [7, 11) is -3.10. The Kier molecular flexibility index (Phi) is 5.15. The lowest BCUT2D eigenvalue weighted by molar-refractivity contribution is -0.134. The fraction of sp³-hybridized carbons (Fsp3) is 0.812. The first-order valence-electron chi connectivity index (χ1n) is 8.90. The number of piperazine rings is 1. The smallest absolute Gasteiger partial charge is 0.270 e. The summed E-state index contributed by atoms with van der Waals surface area (Å²) in [6, 6.07) is 0.0279. The standard InChI is InChI=1S/C16H26N4O4S/c1-12(2)18-6-8-19(9-7-18)16(22)14-3-4-15(21)20(17-14)13-5-10-25(23,24)11-13/h12-13H,3-11H2,1-2H3. The van der Waals surface area contributed by atoms with Crippen LogP contribution < -0.4 is 0 Å². The quantitative estimate of drug-likeness (QED) is 0.681. The second-order valence-electron chi connectivity index (χ2n) is 7.26. The van der Waals surface area contributed by atoms with Crippen LogP contribution in [-0.2, 0) is 19.4 Å². The van der Waals surface area contributed by atoms with E-state index >= 15 is 0 Å². The van der Waals surface area contributed by atoms with Crippen molar-refractivity contribution in [3.63, 3.8) is 0 Å². The van der Waals surface area contributed by atoms with Gasteiger partial charge in [-0.15, -0.1) is 0 Å². The van der Waals surface area contributed by atoms with Crippen molar-refractivity contribution in [2.75, 3.05) is 37.7 Å². The Balaban J connectivity index is 1.68. The molecule has 0 radical (unpaired) electrons. The SMILES string of the molecule is CC(C)N1CCN(C(=O)C2=NN(C3CCS(=O)(=O)C3)C(=O)CC2)CC1. The fourth-order valence-electron chi connectivity index (χ4n) is 3.60. The summed E-state index contributed by atoms with van der Waals surface area (Å²) in [5.74, 6) is -0.293. The van der Waals surface area contributed by atoms with Crippen LogP contribution in [0.25, 0.3) is 0 Å². The summed E-state index contributed by atoms with van der Waals surface area (Å²) in [5, 5.41) is 5.53. The van der Waals surface area contributed by atoms with Gasteiger partial charge < -0.3 is 4.90 Å². The van der Waals surface area contributed by atoms with Crippen molar-refractivity contribution in [1.82, 2.24) is 14.8 Å². The minimum atomic E-state index is -3.10. The van der Waals surface area contributed by atoms with Crippen LogP contribution in [0.15, 0.2) is 5.10 Å². The summed E-state index contributed by atoms with van der Waals surface area (Å²) in [6.45, 7) is 7.26. The van der Waals surface area contributed by atoms with Crippen molar-refractivity contribution >= 4 is 27.4 Å². The molecule has 0 aromatic rings. The third kappa shape index (κ3) is 4.03. The van der Waals surface area contributed by atoms with Gasteiger partial charge in [0.2, 0.25) is 5.91 Å². The summed E-state index contributed by atoms with van der Waals surface area (Å²) < 4.78 is 23.3. The van der Waals surface area contributed by atoms with Crippen molar-refractivity contribution in [3.05, 3.63) is 0 Å². The molecule has 0 aliphatic carbocycles. The third-order valence-corrected chi connectivity index (χ3v) is 6.94. The zero-order valence-corrected chi connectivity index (χ0v) is 15.7. The van der Waals surface area contributed by atoms with Crippen LogP contribution in [0.3, 0.4) is 0 Å². The number of carbonyl (C=O) groups is 2. The van der Waals surface area contributed by atoms with E-state index in [9.17, 15) is 18.0 Å². The molecule has 1 atom stereocenters. The predicted molar refractivity (Wildman–Crippen MR) is 93.9 cm³/mol. The Morgan fingerprint density at radius 3 is 2.40 bits per heavy atom. The van der Waals surface area contributed by atoms with Crippen molar-refractivity contribution in [3.8, 4) is 0 Å². The van der Waals surface area contributed by atoms with E-state index in [-0.39, 0.29) is 29.7 Å². The first-order valence-corrected chi connectivity index (χ1v) is 10.7. The number of hydrogen-bond donors (Lipinski definition) is 0. The van der Waals surface area contributed by atoms with Crippen LogP contribution in [0.4, 0.5) is 0 Å². The maximum absolute atomic E-state index is 12.7. The number of hydrazone groups is 1. The minimum absolute atomic E-state index is 0.0588. The molecule has 0 saturated carbocycles. The van der Waals surface area contributed by atoms with Gasteiger partial charge in [-0.2, -0.15) is 5.10 Å². The van der Waals surface area contributed by atoms with Gasteiger partial charge in [-0.1, -0.05) is 0 Å². The molecule has 0 N–H and O–H groups in total. The van der Waals surface area contributed by atoms with Crippen molar-refractivity contribution in [1.29, 1.82) is 0 Å². The van der Waals surface area contributed by atoms with E-state index < -0.39 is 15.9 Å². The number of rotatable bonds is 3. The highest BCUT2D eigenvalue weighted by molar-refractivity contribution is 7.91. The lowest BCUT2D eigenvalue weighted by atomic mass is 10.1. The molecule has 3 aliphatic heterocycles. The molecule has 2 saturated heterocycles. The van der Waals surface area contributed by atoms with Gasteiger partial charge in [0.05, 0.1) is 17.5 Å². The highest BCUT2D eigenvalue weighted by Gasteiger charge is 2.38. The Hall–Kier alpha value is -1.48. The number of nitrogens with zero attached hydrogens (tertiary/aromatic N) is 4. The lowest BCUT2D eigenvalue weighted by Gasteiger charge is -2.37. The van der Waals surface area contributed by atoms with E-state index in [0.29, 0.717) is 37.7 Å².